The van der Waals surface area contributed by atoms with Gasteiger partial charge in [-0.25, -0.2) is 14.6 Å². The summed E-state index contributed by atoms with van der Waals surface area (Å²) in [6.45, 7) is 7.13. The smallest absolute Gasteiger partial charge is 0.178 e. The van der Waals surface area contributed by atoms with Gasteiger partial charge < -0.3 is 24.2 Å². The molecule has 2 aromatic heterocycles. The standard InChI is InChI=1S/C26H35N7O2/c1-18-27-26(33(29-18)12-14-34)22-17-31-13-15-35-24-16-20(5-6-21(24)25(31)28-22)32-9-3-4-23(32)19-7-10-30(2)11-8-19/h5-6,16-17,19,23,34H,3-4,7-15H2,1-2H3. The predicted octanol–water partition coefficient (Wildman–Crippen LogP) is 2.81. The molecule has 0 bridgehead atoms. The molecule has 1 aromatic carbocycles. The molecule has 35 heavy (non-hydrogen) atoms. The molecule has 9 heteroatoms. The largest absolute Gasteiger partial charge is 0.491 e. The van der Waals surface area contributed by atoms with E-state index >= 15 is 0 Å². The van der Waals surface area contributed by atoms with Crippen molar-refractivity contribution < 1.29 is 9.84 Å². The van der Waals surface area contributed by atoms with Crippen molar-refractivity contribution in [3.05, 3.63) is 30.2 Å². The highest BCUT2D eigenvalue weighted by Crippen LogP contribution is 2.40. The second-order valence-corrected chi connectivity index (χ2v) is 10.1. The number of fused-ring (bicyclic) bond motifs is 3. The lowest BCUT2D eigenvalue weighted by Gasteiger charge is -2.38. The molecule has 2 fully saturated rings. The highest BCUT2D eigenvalue weighted by Gasteiger charge is 2.34. The van der Waals surface area contributed by atoms with Gasteiger partial charge in [0.25, 0.3) is 0 Å². The summed E-state index contributed by atoms with van der Waals surface area (Å²) in [7, 11) is 2.24. The van der Waals surface area contributed by atoms with E-state index in [2.05, 4.69) is 49.7 Å². The minimum atomic E-state index is 0.0118. The zero-order valence-electron chi connectivity index (χ0n) is 20.7. The first-order valence-corrected chi connectivity index (χ1v) is 12.9. The molecule has 0 saturated carbocycles. The third-order valence-corrected chi connectivity index (χ3v) is 7.83. The van der Waals surface area contributed by atoms with E-state index in [0.717, 1.165) is 41.8 Å². The van der Waals surface area contributed by atoms with Gasteiger partial charge in [-0.15, -0.1) is 0 Å². The molecule has 0 radical (unpaired) electrons. The molecule has 2 saturated heterocycles. The fourth-order valence-corrected chi connectivity index (χ4v) is 6.07. The number of aliphatic hydroxyl groups is 1. The minimum Gasteiger partial charge on any atom is -0.491 e. The number of aromatic nitrogens is 5. The van der Waals surface area contributed by atoms with Crippen LogP contribution in [0.3, 0.4) is 0 Å². The van der Waals surface area contributed by atoms with Crippen LogP contribution in [0, 0.1) is 12.8 Å². The maximum atomic E-state index is 9.42. The number of anilines is 1. The first-order valence-electron chi connectivity index (χ1n) is 12.9. The molecule has 0 spiro atoms. The van der Waals surface area contributed by atoms with Crippen LogP contribution in [0.25, 0.3) is 22.9 Å². The molecule has 6 rings (SSSR count). The number of hydrogen-bond acceptors (Lipinski definition) is 7. The van der Waals surface area contributed by atoms with Crippen LogP contribution >= 0.6 is 0 Å². The maximum absolute atomic E-state index is 9.42. The zero-order valence-corrected chi connectivity index (χ0v) is 20.7. The molecule has 9 nitrogen and oxygen atoms in total. The number of aliphatic hydroxyl groups excluding tert-OH is 1. The van der Waals surface area contributed by atoms with Gasteiger partial charge in [0.15, 0.2) is 5.82 Å². The summed E-state index contributed by atoms with van der Waals surface area (Å²) in [6.07, 6.45) is 7.15. The number of hydrogen-bond donors (Lipinski definition) is 1. The molecule has 186 valence electrons. The van der Waals surface area contributed by atoms with Crippen LogP contribution in [0.4, 0.5) is 5.69 Å². The quantitative estimate of drug-likeness (QED) is 0.605. The average molecular weight is 478 g/mol. The van der Waals surface area contributed by atoms with E-state index in [9.17, 15) is 5.11 Å². The molecule has 1 unspecified atom stereocenters. The third-order valence-electron chi connectivity index (χ3n) is 7.83. The molecule has 0 amide bonds. The fraction of sp³-hybridized carbons (Fsp3) is 0.577. The van der Waals surface area contributed by atoms with Crippen molar-refractivity contribution in [2.75, 3.05) is 44.8 Å². The Balaban J connectivity index is 1.30. The molecular formula is C26H35N7O2. The summed E-state index contributed by atoms with van der Waals surface area (Å²) in [4.78, 5) is 14.6. The highest BCUT2D eigenvalue weighted by atomic mass is 16.5. The molecule has 1 atom stereocenters. The number of rotatable bonds is 5. The first kappa shape index (κ1) is 22.5. The van der Waals surface area contributed by atoms with E-state index in [0.29, 0.717) is 30.8 Å². The summed E-state index contributed by atoms with van der Waals surface area (Å²) >= 11 is 0. The van der Waals surface area contributed by atoms with Gasteiger partial charge in [-0.3, -0.25) is 0 Å². The van der Waals surface area contributed by atoms with Gasteiger partial charge in [-0.2, -0.15) is 5.10 Å². The lowest BCUT2D eigenvalue weighted by molar-refractivity contribution is 0.199. The highest BCUT2D eigenvalue weighted by molar-refractivity contribution is 5.72. The van der Waals surface area contributed by atoms with Gasteiger partial charge >= 0.3 is 0 Å². The molecule has 3 aliphatic rings. The summed E-state index contributed by atoms with van der Waals surface area (Å²) < 4.78 is 10.1. The van der Waals surface area contributed by atoms with E-state index in [1.54, 1.807) is 4.68 Å². The normalized spacial score (nSPS) is 21.0. The Bertz CT molecular complexity index is 1190. The summed E-state index contributed by atoms with van der Waals surface area (Å²) in [5.74, 6) is 3.93. The molecule has 5 heterocycles. The van der Waals surface area contributed by atoms with Crippen molar-refractivity contribution in [2.45, 2.75) is 51.7 Å². The summed E-state index contributed by atoms with van der Waals surface area (Å²) in [5, 5.41) is 13.8. The van der Waals surface area contributed by atoms with Gasteiger partial charge in [0, 0.05) is 30.5 Å². The molecule has 3 aromatic rings. The van der Waals surface area contributed by atoms with Crippen LogP contribution in [-0.2, 0) is 13.1 Å². The van der Waals surface area contributed by atoms with E-state index in [-0.39, 0.29) is 6.61 Å². The zero-order chi connectivity index (χ0) is 23.9. The number of nitrogens with zero attached hydrogens (tertiary/aromatic N) is 7. The maximum Gasteiger partial charge on any atom is 0.178 e. The van der Waals surface area contributed by atoms with Gasteiger partial charge in [0.05, 0.1) is 25.3 Å². The number of ether oxygens (including phenoxy) is 1. The Labute approximate surface area is 206 Å². The predicted molar refractivity (Wildman–Crippen MR) is 135 cm³/mol. The summed E-state index contributed by atoms with van der Waals surface area (Å²) in [6, 6.07) is 7.28. The topological polar surface area (TPSA) is 84.5 Å². The van der Waals surface area contributed by atoms with Crippen LogP contribution in [0.5, 0.6) is 5.75 Å². The molecule has 3 aliphatic heterocycles. The second kappa shape index (κ2) is 9.28. The summed E-state index contributed by atoms with van der Waals surface area (Å²) in [5.41, 5.74) is 3.05. The number of benzene rings is 1. The molecule has 1 N–H and O–H groups in total. The van der Waals surface area contributed by atoms with Crippen molar-refractivity contribution in [1.29, 1.82) is 0 Å². The van der Waals surface area contributed by atoms with E-state index in [4.69, 9.17) is 9.72 Å². The van der Waals surface area contributed by atoms with Gasteiger partial charge in [0.2, 0.25) is 0 Å². The van der Waals surface area contributed by atoms with Crippen molar-refractivity contribution in [2.24, 2.45) is 5.92 Å². The number of piperidine rings is 1. The van der Waals surface area contributed by atoms with Crippen molar-refractivity contribution in [3.63, 3.8) is 0 Å². The van der Waals surface area contributed by atoms with E-state index < -0.39 is 0 Å². The van der Waals surface area contributed by atoms with Crippen molar-refractivity contribution >= 4 is 5.69 Å². The van der Waals surface area contributed by atoms with Crippen molar-refractivity contribution in [1.82, 2.24) is 29.2 Å². The lowest BCUT2D eigenvalue weighted by atomic mass is 9.88. The van der Waals surface area contributed by atoms with Crippen LogP contribution < -0.4 is 9.64 Å². The van der Waals surface area contributed by atoms with Crippen LogP contribution in [0.2, 0.25) is 0 Å². The number of imidazole rings is 1. The Morgan fingerprint density at radius 2 is 1.91 bits per heavy atom. The monoisotopic (exact) mass is 477 g/mol. The lowest BCUT2D eigenvalue weighted by Crippen LogP contribution is -2.41. The fourth-order valence-electron chi connectivity index (χ4n) is 6.07. The molecule has 0 aliphatic carbocycles. The minimum absolute atomic E-state index is 0.0118. The second-order valence-electron chi connectivity index (χ2n) is 10.1. The third kappa shape index (κ3) is 4.21. The first-order chi connectivity index (χ1) is 17.1. The SMILES string of the molecule is Cc1nc(-c2cn3c(n2)-c2ccc(N4CCCC4C4CCN(C)CC4)cc2OCC3)n(CCO)n1. The van der Waals surface area contributed by atoms with Gasteiger partial charge in [-0.05, 0) is 70.8 Å². The molecular weight excluding hydrogens is 442 g/mol. The Morgan fingerprint density at radius 1 is 1.06 bits per heavy atom. The van der Waals surface area contributed by atoms with Crippen molar-refractivity contribution in [3.8, 4) is 28.7 Å². The Hall–Kier alpha value is -2.91. The number of aryl methyl sites for hydroxylation is 1. The van der Waals surface area contributed by atoms with Crippen LogP contribution in [-0.4, -0.2) is 80.3 Å². The Kier molecular flexibility index (Phi) is 5.98. The van der Waals surface area contributed by atoms with Gasteiger partial charge in [-0.1, -0.05) is 0 Å². The van der Waals surface area contributed by atoms with Crippen LogP contribution in [0.1, 0.15) is 31.5 Å². The van der Waals surface area contributed by atoms with Gasteiger partial charge in [0.1, 0.15) is 29.7 Å². The van der Waals surface area contributed by atoms with E-state index in [1.165, 1.54) is 44.5 Å². The average Bonchev–Trinajstić information content (AvgIpc) is 3.56. The Morgan fingerprint density at radius 3 is 2.74 bits per heavy atom. The van der Waals surface area contributed by atoms with Crippen LogP contribution in [0.15, 0.2) is 24.4 Å². The van der Waals surface area contributed by atoms with E-state index in [1.807, 2.05) is 13.1 Å². The number of likely N-dealkylation sites (tertiary alicyclic amines) is 1.